The summed E-state index contributed by atoms with van der Waals surface area (Å²) in [7, 11) is 0. The molecule has 12 heavy (non-hydrogen) atoms. The molecule has 0 aromatic rings. The van der Waals surface area contributed by atoms with E-state index in [9.17, 15) is 0 Å². The molecule has 1 rings (SSSR count). The van der Waals surface area contributed by atoms with Gasteiger partial charge >= 0.3 is 0 Å². The van der Waals surface area contributed by atoms with Crippen molar-refractivity contribution in [3.63, 3.8) is 0 Å². The molecular formula is C9H21NO2. The lowest BCUT2D eigenvalue weighted by molar-refractivity contribution is 0.250. The first kappa shape index (κ1) is 11.9. The molecule has 0 aromatic heterocycles. The molecule has 1 saturated heterocycles. The Bertz CT molecular complexity index is 79.8. The van der Waals surface area contributed by atoms with Gasteiger partial charge in [-0.15, -0.1) is 0 Å². The first-order valence-corrected chi connectivity index (χ1v) is 4.80. The Morgan fingerprint density at radius 1 is 1.33 bits per heavy atom. The minimum absolute atomic E-state index is 0.250. The normalized spacial score (nSPS) is 22.8. The Kier molecular flexibility index (Phi) is 8.88. The summed E-state index contributed by atoms with van der Waals surface area (Å²) < 4.78 is 0. The molecule has 3 N–H and O–H groups in total. The molecule has 3 heteroatoms. The summed E-state index contributed by atoms with van der Waals surface area (Å²) in [6.07, 6.45) is 4.82. The third kappa shape index (κ3) is 6.58. The van der Waals surface area contributed by atoms with Crippen LogP contribution in [0.15, 0.2) is 0 Å². The van der Waals surface area contributed by atoms with Crippen molar-refractivity contribution in [2.24, 2.45) is 0 Å². The van der Waals surface area contributed by atoms with Gasteiger partial charge in [0.2, 0.25) is 0 Å². The van der Waals surface area contributed by atoms with Gasteiger partial charge in [0, 0.05) is 19.3 Å². The van der Waals surface area contributed by atoms with E-state index in [0.29, 0.717) is 12.6 Å². The van der Waals surface area contributed by atoms with E-state index in [2.05, 4.69) is 5.32 Å². The summed E-state index contributed by atoms with van der Waals surface area (Å²) >= 11 is 0. The highest BCUT2D eigenvalue weighted by Gasteiger charge is 2.10. The highest BCUT2D eigenvalue weighted by molar-refractivity contribution is 4.70. The molecule has 0 amide bonds. The summed E-state index contributed by atoms with van der Waals surface area (Å²) in [5.41, 5.74) is 0. The van der Waals surface area contributed by atoms with Gasteiger partial charge in [-0.05, 0) is 32.7 Å². The van der Waals surface area contributed by atoms with Crippen molar-refractivity contribution in [1.82, 2.24) is 5.32 Å². The van der Waals surface area contributed by atoms with Gasteiger partial charge in [0.05, 0.1) is 0 Å². The second-order valence-corrected chi connectivity index (χ2v) is 2.98. The predicted octanol–water partition coefficient (Wildman–Crippen LogP) is 0.509. The second-order valence-electron chi connectivity index (χ2n) is 2.98. The van der Waals surface area contributed by atoms with Crippen LogP contribution in [0.3, 0.4) is 0 Å². The van der Waals surface area contributed by atoms with Crippen molar-refractivity contribution < 1.29 is 10.2 Å². The zero-order chi connectivity index (χ0) is 9.23. The van der Waals surface area contributed by atoms with Gasteiger partial charge in [0.25, 0.3) is 0 Å². The third-order valence-corrected chi connectivity index (χ3v) is 1.89. The van der Waals surface area contributed by atoms with E-state index in [-0.39, 0.29) is 6.61 Å². The number of hydrogen-bond acceptors (Lipinski definition) is 3. The maximum atomic E-state index is 8.58. The molecular weight excluding hydrogens is 154 g/mol. The third-order valence-electron chi connectivity index (χ3n) is 1.89. The van der Waals surface area contributed by atoms with Crippen LogP contribution in [0.1, 0.15) is 32.6 Å². The topological polar surface area (TPSA) is 52.5 Å². The standard InChI is InChI=1S/C7H15NO.C2H6O/c9-6-4-7-3-1-2-5-8-7;1-2-3/h7-9H,1-6H2;3H,2H2,1H3. The molecule has 1 aliphatic rings. The summed E-state index contributed by atoms with van der Waals surface area (Å²) in [5.74, 6) is 0. The molecule has 3 nitrogen and oxygen atoms in total. The molecule has 0 aliphatic carbocycles. The van der Waals surface area contributed by atoms with Gasteiger partial charge in [-0.3, -0.25) is 0 Å². The zero-order valence-corrected chi connectivity index (χ0v) is 7.92. The van der Waals surface area contributed by atoms with Gasteiger partial charge < -0.3 is 15.5 Å². The maximum Gasteiger partial charge on any atom is 0.0445 e. The Balaban J connectivity index is 0.000000354. The minimum Gasteiger partial charge on any atom is -0.397 e. The van der Waals surface area contributed by atoms with Crippen LogP contribution in [0, 0.1) is 0 Å². The summed E-state index contributed by atoms with van der Waals surface area (Å²) in [6, 6.07) is 0.601. The SMILES string of the molecule is CCO.OCCC1CCCCN1. The maximum absolute atomic E-state index is 8.58. The molecule has 0 bridgehead atoms. The average Bonchev–Trinajstić information content (AvgIpc) is 2.08. The van der Waals surface area contributed by atoms with E-state index in [1.807, 2.05) is 0 Å². The van der Waals surface area contributed by atoms with Crippen LogP contribution in [0.5, 0.6) is 0 Å². The van der Waals surface area contributed by atoms with E-state index in [4.69, 9.17) is 10.2 Å². The largest absolute Gasteiger partial charge is 0.397 e. The van der Waals surface area contributed by atoms with Gasteiger partial charge in [-0.1, -0.05) is 6.42 Å². The van der Waals surface area contributed by atoms with E-state index < -0.39 is 0 Å². The van der Waals surface area contributed by atoms with Gasteiger partial charge in [-0.25, -0.2) is 0 Å². The van der Waals surface area contributed by atoms with Crippen LogP contribution in [-0.4, -0.2) is 36.0 Å². The van der Waals surface area contributed by atoms with Crippen LogP contribution >= 0.6 is 0 Å². The van der Waals surface area contributed by atoms with Crippen molar-refractivity contribution >= 4 is 0 Å². The monoisotopic (exact) mass is 175 g/mol. The highest BCUT2D eigenvalue weighted by Crippen LogP contribution is 2.08. The number of piperidine rings is 1. The van der Waals surface area contributed by atoms with E-state index >= 15 is 0 Å². The van der Waals surface area contributed by atoms with Crippen molar-refractivity contribution in [1.29, 1.82) is 0 Å². The Labute approximate surface area is 74.8 Å². The molecule has 1 unspecified atom stereocenters. The van der Waals surface area contributed by atoms with Crippen LogP contribution in [0.2, 0.25) is 0 Å². The fraction of sp³-hybridized carbons (Fsp3) is 1.00. The predicted molar refractivity (Wildman–Crippen MR) is 50.1 cm³/mol. The summed E-state index contributed by atoms with van der Waals surface area (Å²) in [4.78, 5) is 0. The smallest absolute Gasteiger partial charge is 0.0445 e. The molecule has 74 valence electrons. The number of hydrogen-bond donors (Lipinski definition) is 3. The number of aliphatic hydroxyl groups excluding tert-OH is 2. The Hall–Kier alpha value is -0.120. The molecule has 1 atom stereocenters. The van der Waals surface area contributed by atoms with Crippen LogP contribution < -0.4 is 5.32 Å². The lowest BCUT2D eigenvalue weighted by atomic mass is 10.0. The van der Waals surface area contributed by atoms with Crippen LogP contribution in [-0.2, 0) is 0 Å². The second kappa shape index (κ2) is 8.97. The zero-order valence-electron chi connectivity index (χ0n) is 7.92. The summed E-state index contributed by atoms with van der Waals surface area (Å²) in [6.45, 7) is 3.41. The quantitative estimate of drug-likeness (QED) is 0.573. The lowest BCUT2D eigenvalue weighted by Crippen LogP contribution is -2.34. The van der Waals surface area contributed by atoms with Gasteiger partial charge in [-0.2, -0.15) is 0 Å². The van der Waals surface area contributed by atoms with Crippen LogP contribution in [0.25, 0.3) is 0 Å². The van der Waals surface area contributed by atoms with Crippen molar-refractivity contribution in [3.05, 3.63) is 0 Å². The van der Waals surface area contributed by atoms with Gasteiger partial charge in [0.15, 0.2) is 0 Å². The van der Waals surface area contributed by atoms with Crippen LogP contribution in [0.4, 0.5) is 0 Å². The fourth-order valence-corrected chi connectivity index (χ4v) is 1.33. The Morgan fingerprint density at radius 3 is 2.42 bits per heavy atom. The minimum atomic E-state index is 0.250. The van der Waals surface area contributed by atoms with Gasteiger partial charge in [0.1, 0.15) is 0 Å². The molecule has 1 aliphatic heterocycles. The highest BCUT2D eigenvalue weighted by atomic mass is 16.3. The molecule has 0 saturated carbocycles. The van der Waals surface area contributed by atoms with Crippen molar-refractivity contribution in [2.75, 3.05) is 19.8 Å². The summed E-state index contributed by atoms with van der Waals surface area (Å²) in [5, 5.41) is 19.5. The van der Waals surface area contributed by atoms with E-state index in [0.717, 1.165) is 13.0 Å². The molecule has 0 aromatic carbocycles. The Morgan fingerprint density at radius 2 is 2.00 bits per heavy atom. The number of nitrogens with one attached hydrogen (secondary N) is 1. The van der Waals surface area contributed by atoms with Crippen molar-refractivity contribution in [3.8, 4) is 0 Å². The molecule has 1 heterocycles. The molecule has 1 fully saturated rings. The average molecular weight is 175 g/mol. The number of aliphatic hydroxyl groups is 2. The fourth-order valence-electron chi connectivity index (χ4n) is 1.33. The lowest BCUT2D eigenvalue weighted by Gasteiger charge is -2.22. The van der Waals surface area contributed by atoms with E-state index in [1.165, 1.54) is 19.3 Å². The first-order chi connectivity index (χ1) is 5.85. The van der Waals surface area contributed by atoms with Crippen molar-refractivity contribution in [2.45, 2.75) is 38.6 Å². The number of rotatable bonds is 2. The molecule has 0 spiro atoms. The van der Waals surface area contributed by atoms with E-state index in [1.54, 1.807) is 6.92 Å². The first-order valence-electron chi connectivity index (χ1n) is 4.80. The molecule has 0 radical (unpaired) electrons.